The fourth-order valence-corrected chi connectivity index (χ4v) is 17.3. The minimum atomic E-state index is -2.88. The van der Waals surface area contributed by atoms with Gasteiger partial charge in [-0.3, -0.25) is 4.79 Å². The lowest BCUT2D eigenvalue weighted by atomic mass is 10.4. The zero-order valence-corrected chi connectivity index (χ0v) is 22.8. The second-order valence-corrected chi connectivity index (χ2v) is 26.7. The zero-order valence-electron chi connectivity index (χ0n) is 18.8. The zero-order chi connectivity index (χ0) is 21.5. The number of carbonyl (C=O) groups excluding carboxylic acids is 1. The topological polar surface area (TPSA) is 68.2 Å². The van der Waals surface area contributed by atoms with E-state index in [4.69, 9.17) is 12.3 Å². The van der Waals surface area contributed by atoms with E-state index in [-0.39, 0.29) is 12.5 Å². The Labute approximate surface area is 170 Å². The Balaban J connectivity index is 5.52. The summed E-state index contributed by atoms with van der Waals surface area (Å²) in [6.07, 6.45) is 2.00. The Morgan fingerprint density at radius 2 is 1.30 bits per heavy atom. The van der Waals surface area contributed by atoms with Crippen molar-refractivity contribution in [1.29, 1.82) is 0 Å². The molecule has 0 aliphatic rings. The molecule has 0 fully saturated rings. The van der Waals surface area contributed by atoms with Gasteiger partial charge in [-0.15, -0.1) is 0 Å². The maximum atomic E-state index is 12.0. The third-order valence-corrected chi connectivity index (χ3v) is 15.2. The number of rotatable bonds is 13. The quantitative estimate of drug-likeness (QED) is 0.340. The fraction of sp³-hybridized carbons (Fsp3) is 0.824. The molecule has 10 heteroatoms. The highest BCUT2D eigenvalue weighted by molar-refractivity contribution is 6.90. The van der Waals surface area contributed by atoms with Gasteiger partial charge in [0.05, 0.1) is 6.61 Å². The summed E-state index contributed by atoms with van der Waals surface area (Å²) in [5.41, 5.74) is 0. The van der Waals surface area contributed by atoms with Crippen molar-refractivity contribution in [1.82, 2.24) is 4.90 Å². The van der Waals surface area contributed by atoms with E-state index in [1.807, 2.05) is 0 Å². The standard InChI is InChI=1S/C17H41NO5Si4/c1-11-17(20)18(14-15-19)13-12-16-27(21-24(2,3)4,22-25(5,6)7)23-26(8,9)10/h11,19H,1,12-16H2,2-10H3. The Morgan fingerprint density at radius 3 is 1.59 bits per heavy atom. The van der Waals surface area contributed by atoms with Crippen molar-refractivity contribution in [3.63, 3.8) is 0 Å². The molecule has 27 heavy (non-hydrogen) atoms. The summed E-state index contributed by atoms with van der Waals surface area (Å²) in [6.45, 7) is 23.8. The van der Waals surface area contributed by atoms with Gasteiger partial charge < -0.3 is 22.4 Å². The van der Waals surface area contributed by atoms with E-state index in [1.54, 1.807) is 4.90 Å². The molecular formula is C17H41NO5Si4. The number of hydrogen-bond acceptors (Lipinski definition) is 5. The van der Waals surface area contributed by atoms with Crippen LogP contribution in [0.25, 0.3) is 0 Å². The number of aliphatic hydroxyl groups excluding tert-OH is 1. The molecule has 0 aromatic rings. The summed E-state index contributed by atoms with van der Waals surface area (Å²) in [7, 11) is -8.56. The summed E-state index contributed by atoms with van der Waals surface area (Å²) < 4.78 is 19.9. The molecule has 0 rings (SSSR count). The van der Waals surface area contributed by atoms with Gasteiger partial charge in [-0.2, -0.15) is 0 Å². The second-order valence-electron chi connectivity index (χ2n) is 9.68. The normalized spacial score (nSPS) is 13.6. The molecule has 0 radical (unpaired) electrons. The third-order valence-electron chi connectivity index (χ3n) is 3.15. The molecule has 0 bridgehead atoms. The van der Waals surface area contributed by atoms with E-state index >= 15 is 0 Å². The molecule has 0 aromatic heterocycles. The molecule has 0 heterocycles. The van der Waals surface area contributed by atoms with Crippen LogP contribution in [0.2, 0.25) is 65.0 Å². The molecule has 1 amide bonds. The number of amides is 1. The predicted molar refractivity (Wildman–Crippen MR) is 122 cm³/mol. The van der Waals surface area contributed by atoms with Crippen molar-refractivity contribution in [2.45, 2.75) is 71.4 Å². The summed E-state index contributed by atoms with van der Waals surface area (Å²) in [5.74, 6) is -0.167. The Kier molecular flexibility index (Phi) is 10.6. The molecule has 0 unspecified atom stereocenters. The number of aliphatic hydroxyl groups is 1. The largest absolute Gasteiger partial charge is 0.469 e. The molecule has 0 saturated heterocycles. The first kappa shape index (κ1) is 26.9. The molecule has 0 spiro atoms. The first-order valence-electron chi connectivity index (χ1n) is 9.65. The fourth-order valence-electron chi connectivity index (χ4n) is 2.68. The highest BCUT2D eigenvalue weighted by atomic mass is 28.5. The van der Waals surface area contributed by atoms with E-state index in [2.05, 4.69) is 65.5 Å². The average molecular weight is 452 g/mol. The van der Waals surface area contributed by atoms with Gasteiger partial charge in [-0.25, -0.2) is 0 Å². The van der Waals surface area contributed by atoms with Gasteiger partial charge in [0.2, 0.25) is 5.91 Å². The van der Waals surface area contributed by atoms with Gasteiger partial charge in [0, 0.05) is 19.1 Å². The van der Waals surface area contributed by atoms with Crippen LogP contribution in [0.15, 0.2) is 12.7 Å². The molecule has 1 N–H and O–H groups in total. The van der Waals surface area contributed by atoms with E-state index in [9.17, 15) is 9.90 Å². The molecule has 0 aliphatic carbocycles. The van der Waals surface area contributed by atoms with Crippen molar-refractivity contribution in [3.8, 4) is 0 Å². The molecule has 0 atom stereocenters. The van der Waals surface area contributed by atoms with E-state index in [0.29, 0.717) is 25.6 Å². The summed E-state index contributed by atoms with van der Waals surface area (Å²) in [4.78, 5) is 13.6. The SMILES string of the molecule is C=CC(=O)N(CCO)CCC[Si](O[Si](C)(C)C)(O[Si](C)(C)C)O[Si](C)(C)C. The summed E-state index contributed by atoms with van der Waals surface area (Å²) in [5, 5.41) is 9.22. The van der Waals surface area contributed by atoms with Crippen LogP contribution in [0.4, 0.5) is 0 Å². The molecule has 160 valence electrons. The first-order valence-corrected chi connectivity index (χ1v) is 21.8. The monoisotopic (exact) mass is 451 g/mol. The van der Waals surface area contributed by atoms with Gasteiger partial charge in [0.15, 0.2) is 25.0 Å². The van der Waals surface area contributed by atoms with Crippen molar-refractivity contribution in [3.05, 3.63) is 12.7 Å². The van der Waals surface area contributed by atoms with Crippen molar-refractivity contribution < 1.29 is 22.2 Å². The second kappa shape index (κ2) is 10.6. The highest BCUT2D eigenvalue weighted by Crippen LogP contribution is 2.30. The van der Waals surface area contributed by atoms with Crippen LogP contribution in [0, 0.1) is 0 Å². The lowest BCUT2D eigenvalue weighted by molar-refractivity contribution is -0.126. The Hall–Kier alpha value is -0.0825. The van der Waals surface area contributed by atoms with Gasteiger partial charge in [-0.1, -0.05) is 6.58 Å². The average Bonchev–Trinajstić information content (AvgIpc) is 2.39. The molecule has 0 aromatic carbocycles. The predicted octanol–water partition coefficient (Wildman–Crippen LogP) is 3.88. The summed E-state index contributed by atoms with van der Waals surface area (Å²) in [6, 6.07) is 0.679. The summed E-state index contributed by atoms with van der Waals surface area (Å²) >= 11 is 0. The van der Waals surface area contributed by atoms with Crippen molar-refractivity contribution in [2.75, 3.05) is 19.7 Å². The molecular weight excluding hydrogens is 411 g/mol. The van der Waals surface area contributed by atoms with Gasteiger partial charge in [-0.05, 0) is 71.4 Å². The molecule has 0 aliphatic heterocycles. The van der Waals surface area contributed by atoms with Gasteiger partial charge >= 0.3 is 8.80 Å². The maximum absolute atomic E-state index is 12.0. The van der Waals surface area contributed by atoms with Crippen LogP contribution < -0.4 is 0 Å². The third kappa shape index (κ3) is 12.9. The maximum Gasteiger partial charge on any atom is 0.469 e. The van der Waals surface area contributed by atoms with Crippen LogP contribution in [0.1, 0.15) is 6.42 Å². The Morgan fingerprint density at radius 1 is 0.889 bits per heavy atom. The molecule has 0 saturated carbocycles. The van der Waals surface area contributed by atoms with Crippen LogP contribution in [0.5, 0.6) is 0 Å². The van der Waals surface area contributed by atoms with Crippen molar-refractivity contribution >= 4 is 39.7 Å². The minimum Gasteiger partial charge on any atom is -0.417 e. The lowest BCUT2D eigenvalue weighted by Crippen LogP contribution is -2.60. The van der Waals surface area contributed by atoms with Crippen LogP contribution in [0.3, 0.4) is 0 Å². The van der Waals surface area contributed by atoms with E-state index in [0.717, 1.165) is 0 Å². The first-order chi connectivity index (χ1) is 12.0. The van der Waals surface area contributed by atoms with E-state index in [1.165, 1.54) is 6.08 Å². The highest BCUT2D eigenvalue weighted by Gasteiger charge is 2.49. The smallest absolute Gasteiger partial charge is 0.417 e. The number of carbonyl (C=O) groups is 1. The van der Waals surface area contributed by atoms with Crippen LogP contribution >= 0.6 is 0 Å². The van der Waals surface area contributed by atoms with Crippen molar-refractivity contribution in [2.24, 2.45) is 0 Å². The van der Waals surface area contributed by atoms with Gasteiger partial charge in [0.1, 0.15) is 0 Å². The minimum absolute atomic E-state index is 0.0651. The van der Waals surface area contributed by atoms with Crippen LogP contribution in [-0.4, -0.2) is 69.4 Å². The van der Waals surface area contributed by atoms with Crippen LogP contribution in [-0.2, 0) is 17.1 Å². The van der Waals surface area contributed by atoms with Gasteiger partial charge in [0.25, 0.3) is 0 Å². The number of hydrogen-bond donors (Lipinski definition) is 1. The Bertz CT molecular complexity index is 442. The number of nitrogens with zero attached hydrogens (tertiary/aromatic N) is 1. The lowest BCUT2D eigenvalue weighted by Gasteiger charge is -2.43. The molecule has 6 nitrogen and oxygen atoms in total. The van der Waals surface area contributed by atoms with E-state index < -0.39 is 33.8 Å².